The van der Waals surface area contributed by atoms with E-state index in [0.29, 0.717) is 40.3 Å². The smallest absolute Gasteiger partial charge is 0.234 e. The number of thiocarbonyl (C=S) groups is 1. The Morgan fingerprint density at radius 2 is 1.89 bits per heavy atom. The Labute approximate surface area is 226 Å². The Morgan fingerprint density at radius 3 is 2.68 bits per heavy atom. The van der Waals surface area contributed by atoms with E-state index in [2.05, 4.69) is 27.4 Å². The minimum atomic E-state index is 0.375. The lowest BCUT2D eigenvalue weighted by Gasteiger charge is -2.34. The van der Waals surface area contributed by atoms with Gasteiger partial charge in [-0.3, -0.25) is 0 Å². The number of halogens is 1. The highest BCUT2D eigenvalue weighted by atomic mass is 35.5. The molecule has 190 valence electrons. The molecular formula is C28H28ClN5O2S. The maximum absolute atomic E-state index is 6.04. The van der Waals surface area contributed by atoms with Gasteiger partial charge in [0.05, 0.1) is 6.54 Å². The minimum absolute atomic E-state index is 0.375. The van der Waals surface area contributed by atoms with Crippen molar-refractivity contribution < 1.29 is 9.15 Å². The van der Waals surface area contributed by atoms with Crippen LogP contribution >= 0.6 is 23.8 Å². The maximum atomic E-state index is 6.04. The number of aromatic nitrogens is 2. The van der Waals surface area contributed by atoms with Crippen LogP contribution in [-0.4, -0.2) is 27.7 Å². The van der Waals surface area contributed by atoms with Crippen molar-refractivity contribution in [2.75, 3.05) is 16.8 Å². The van der Waals surface area contributed by atoms with Gasteiger partial charge in [-0.25, -0.2) is 0 Å². The van der Waals surface area contributed by atoms with Crippen LogP contribution in [-0.2, 0) is 6.54 Å². The van der Waals surface area contributed by atoms with Gasteiger partial charge in [-0.2, -0.15) is 9.97 Å². The summed E-state index contributed by atoms with van der Waals surface area (Å²) in [6.07, 6.45) is 3.48. The molecule has 2 N–H and O–H groups in total. The van der Waals surface area contributed by atoms with Gasteiger partial charge in [0.25, 0.3) is 0 Å². The van der Waals surface area contributed by atoms with E-state index < -0.39 is 0 Å². The first-order valence-corrected chi connectivity index (χ1v) is 13.1. The monoisotopic (exact) mass is 533 g/mol. The Hall–Kier alpha value is -3.62. The largest absolute Gasteiger partial charge is 0.459 e. The Bertz CT molecular complexity index is 1350. The fourth-order valence-electron chi connectivity index (χ4n) is 4.27. The Kier molecular flexibility index (Phi) is 7.87. The van der Waals surface area contributed by atoms with E-state index in [4.69, 9.17) is 38.0 Å². The topological polar surface area (TPSA) is 75.5 Å². The molecule has 1 aliphatic rings. The van der Waals surface area contributed by atoms with Crippen molar-refractivity contribution in [2.45, 2.75) is 38.8 Å². The van der Waals surface area contributed by atoms with Crippen LogP contribution in [0.4, 0.5) is 11.8 Å². The lowest BCUT2D eigenvalue weighted by atomic mass is 10.0. The van der Waals surface area contributed by atoms with E-state index >= 15 is 0 Å². The quantitative estimate of drug-likeness (QED) is 0.245. The molecule has 0 amide bonds. The van der Waals surface area contributed by atoms with E-state index in [9.17, 15) is 0 Å². The molecule has 1 saturated heterocycles. The number of benzene rings is 2. The summed E-state index contributed by atoms with van der Waals surface area (Å²) in [7, 11) is 0. The highest BCUT2D eigenvalue weighted by Gasteiger charge is 2.22. The third-order valence-corrected chi connectivity index (χ3v) is 6.69. The van der Waals surface area contributed by atoms with Crippen molar-refractivity contribution in [1.82, 2.24) is 15.3 Å². The summed E-state index contributed by atoms with van der Waals surface area (Å²) in [6.45, 7) is 3.58. The van der Waals surface area contributed by atoms with Gasteiger partial charge in [-0.1, -0.05) is 29.8 Å². The van der Waals surface area contributed by atoms with Gasteiger partial charge in [0.2, 0.25) is 11.8 Å². The van der Waals surface area contributed by atoms with Crippen LogP contribution in [0.1, 0.15) is 31.9 Å². The molecule has 2 aromatic carbocycles. The fourth-order valence-corrected chi connectivity index (χ4v) is 4.56. The lowest BCUT2D eigenvalue weighted by Crippen LogP contribution is -2.38. The predicted octanol–water partition coefficient (Wildman–Crippen LogP) is 7.05. The van der Waals surface area contributed by atoms with Gasteiger partial charge in [0.15, 0.2) is 5.11 Å². The zero-order chi connectivity index (χ0) is 25.6. The number of nitrogens with zero attached hydrogens (tertiary/aromatic N) is 3. The minimum Gasteiger partial charge on any atom is -0.459 e. The van der Waals surface area contributed by atoms with Crippen molar-refractivity contribution in [3.05, 3.63) is 83.6 Å². The molecule has 1 aliphatic heterocycles. The molecule has 37 heavy (non-hydrogen) atoms. The van der Waals surface area contributed by atoms with Crippen LogP contribution in [0.25, 0.3) is 11.3 Å². The molecule has 1 atom stereocenters. The van der Waals surface area contributed by atoms with Crippen LogP contribution in [0.15, 0.2) is 77.2 Å². The van der Waals surface area contributed by atoms with Gasteiger partial charge in [0, 0.05) is 29.2 Å². The summed E-state index contributed by atoms with van der Waals surface area (Å²) in [5, 5.41) is 7.36. The van der Waals surface area contributed by atoms with Crippen LogP contribution in [0, 0.1) is 0 Å². The van der Waals surface area contributed by atoms with Crippen LogP contribution < -0.4 is 20.3 Å². The molecule has 0 bridgehead atoms. The average Bonchev–Trinajstić information content (AvgIpc) is 3.38. The third kappa shape index (κ3) is 6.58. The second-order valence-electron chi connectivity index (χ2n) is 8.92. The standard InChI is InChI=1S/C28H28ClN5O2S/c1-19-7-5-6-16-34(19)25-17-26(36-22-8-3-2-4-9-22)32-27(31-25)33-28(37)30-18-23-14-15-24(35-23)20-10-12-21(29)13-11-20/h2-4,8-15,17,19H,5-7,16,18H2,1H3,(H2,30,31,32,33,37). The molecule has 7 nitrogen and oxygen atoms in total. The zero-order valence-electron chi connectivity index (χ0n) is 20.5. The number of hydrogen-bond donors (Lipinski definition) is 2. The fraction of sp³-hybridized carbons (Fsp3) is 0.250. The average molecular weight is 534 g/mol. The second-order valence-corrected chi connectivity index (χ2v) is 9.77. The molecule has 1 fully saturated rings. The number of anilines is 2. The van der Waals surface area contributed by atoms with E-state index in [0.717, 1.165) is 42.3 Å². The van der Waals surface area contributed by atoms with Crippen LogP contribution in [0.3, 0.4) is 0 Å². The van der Waals surface area contributed by atoms with Crippen molar-refractivity contribution in [1.29, 1.82) is 0 Å². The number of furan rings is 1. The second kappa shape index (κ2) is 11.6. The number of hydrogen-bond acceptors (Lipinski definition) is 6. The SMILES string of the molecule is CC1CCCCN1c1cc(Oc2ccccc2)nc(NC(=S)NCc2ccc(-c3ccc(Cl)cc3)o2)n1. The summed E-state index contributed by atoms with van der Waals surface area (Å²) < 4.78 is 12.0. The summed E-state index contributed by atoms with van der Waals surface area (Å²) in [5.74, 6) is 3.87. The molecule has 4 aromatic rings. The molecule has 0 aliphatic carbocycles. The van der Waals surface area contributed by atoms with E-state index in [1.54, 1.807) is 0 Å². The van der Waals surface area contributed by atoms with E-state index in [-0.39, 0.29) is 0 Å². The zero-order valence-corrected chi connectivity index (χ0v) is 22.1. The molecule has 5 rings (SSSR count). The first-order chi connectivity index (χ1) is 18.0. The first kappa shape index (κ1) is 25.0. The van der Waals surface area contributed by atoms with E-state index in [1.807, 2.05) is 72.8 Å². The Balaban J connectivity index is 1.28. The highest BCUT2D eigenvalue weighted by Crippen LogP contribution is 2.29. The molecule has 3 heterocycles. The van der Waals surface area contributed by atoms with Gasteiger partial charge in [-0.15, -0.1) is 0 Å². The number of ether oxygens (including phenoxy) is 1. The molecule has 0 spiro atoms. The van der Waals surface area contributed by atoms with Crippen molar-refractivity contribution >= 4 is 40.7 Å². The molecule has 2 aromatic heterocycles. The normalized spacial score (nSPS) is 15.3. The summed E-state index contributed by atoms with van der Waals surface area (Å²) >= 11 is 11.5. The molecule has 1 unspecified atom stereocenters. The van der Waals surface area contributed by atoms with Gasteiger partial charge in [-0.05, 0) is 86.9 Å². The van der Waals surface area contributed by atoms with Crippen LogP contribution in [0.2, 0.25) is 5.02 Å². The lowest BCUT2D eigenvalue weighted by molar-refractivity contribution is 0.457. The summed E-state index contributed by atoms with van der Waals surface area (Å²) in [4.78, 5) is 11.6. The highest BCUT2D eigenvalue weighted by molar-refractivity contribution is 7.80. The molecular weight excluding hydrogens is 506 g/mol. The van der Waals surface area contributed by atoms with Crippen molar-refractivity contribution in [2.24, 2.45) is 0 Å². The third-order valence-electron chi connectivity index (χ3n) is 6.19. The van der Waals surface area contributed by atoms with E-state index in [1.165, 1.54) is 6.42 Å². The van der Waals surface area contributed by atoms with Gasteiger partial charge in [0.1, 0.15) is 23.1 Å². The first-order valence-electron chi connectivity index (χ1n) is 12.3. The van der Waals surface area contributed by atoms with Gasteiger partial charge >= 0.3 is 0 Å². The molecule has 0 saturated carbocycles. The molecule has 9 heteroatoms. The van der Waals surface area contributed by atoms with Crippen molar-refractivity contribution in [3.63, 3.8) is 0 Å². The number of para-hydroxylation sites is 1. The summed E-state index contributed by atoms with van der Waals surface area (Å²) in [6, 6.07) is 23.2. The Morgan fingerprint density at radius 1 is 1.08 bits per heavy atom. The number of nitrogens with one attached hydrogen (secondary N) is 2. The molecule has 0 radical (unpaired) electrons. The van der Waals surface area contributed by atoms with Gasteiger partial charge < -0.3 is 24.7 Å². The maximum Gasteiger partial charge on any atom is 0.234 e. The van der Waals surface area contributed by atoms with Crippen LogP contribution in [0.5, 0.6) is 11.6 Å². The number of piperidine rings is 1. The number of rotatable bonds is 7. The summed E-state index contributed by atoms with van der Waals surface area (Å²) in [5.41, 5.74) is 0.958. The van der Waals surface area contributed by atoms with Crippen molar-refractivity contribution in [3.8, 4) is 23.0 Å². The predicted molar refractivity (Wildman–Crippen MR) is 151 cm³/mol.